The number of carboxylic acid groups (broad SMARTS) is 1. The average Bonchev–Trinajstić information content (AvgIpc) is 2.22. The molecule has 1 aliphatic rings. The van der Waals surface area contributed by atoms with Crippen molar-refractivity contribution in [1.82, 2.24) is 10.6 Å². The van der Waals surface area contributed by atoms with Gasteiger partial charge in [0.25, 0.3) is 0 Å². The van der Waals surface area contributed by atoms with E-state index in [9.17, 15) is 14.7 Å². The summed E-state index contributed by atoms with van der Waals surface area (Å²) in [7, 11) is 0. The van der Waals surface area contributed by atoms with Gasteiger partial charge in [-0.15, -0.1) is 0 Å². The number of carbonyl (C=O) groups is 2. The van der Waals surface area contributed by atoms with Crippen LogP contribution in [0.2, 0.25) is 0 Å². The molecule has 5 nitrogen and oxygen atoms in total. The molecular formula is C14H26N2O3. The van der Waals surface area contributed by atoms with E-state index in [1.54, 1.807) is 0 Å². The molecule has 2 unspecified atom stereocenters. The standard InChI is InChI=1S/C14H26N2O3/c1-13(2,3)10(12(18)19)16-11(17)9-14(4,5)7-6-8-15-9/h9-10,15H,6-8H2,1-5H3,(H,16,17)(H,18,19). The quantitative estimate of drug-likeness (QED) is 0.724. The SMILES string of the molecule is CC(C)(C)C(NC(=O)C1NCCCC1(C)C)C(=O)O. The second kappa shape index (κ2) is 5.49. The van der Waals surface area contributed by atoms with Crippen molar-refractivity contribution in [2.75, 3.05) is 6.54 Å². The zero-order valence-corrected chi connectivity index (χ0v) is 12.5. The average molecular weight is 270 g/mol. The summed E-state index contributed by atoms with van der Waals surface area (Å²) in [5.41, 5.74) is -0.663. The maximum Gasteiger partial charge on any atom is 0.326 e. The molecule has 0 aliphatic carbocycles. The summed E-state index contributed by atoms with van der Waals surface area (Å²) in [5.74, 6) is -1.21. The molecule has 5 heteroatoms. The van der Waals surface area contributed by atoms with Crippen LogP contribution in [-0.2, 0) is 9.59 Å². The first-order valence-electron chi connectivity index (χ1n) is 6.82. The van der Waals surface area contributed by atoms with Gasteiger partial charge in [0.05, 0.1) is 6.04 Å². The molecule has 1 heterocycles. The van der Waals surface area contributed by atoms with Crippen molar-refractivity contribution in [3.8, 4) is 0 Å². The minimum atomic E-state index is -0.991. The van der Waals surface area contributed by atoms with Gasteiger partial charge < -0.3 is 15.7 Å². The van der Waals surface area contributed by atoms with Crippen molar-refractivity contribution in [1.29, 1.82) is 0 Å². The van der Waals surface area contributed by atoms with E-state index in [0.717, 1.165) is 19.4 Å². The van der Waals surface area contributed by atoms with Crippen molar-refractivity contribution >= 4 is 11.9 Å². The predicted molar refractivity (Wildman–Crippen MR) is 73.8 cm³/mol. The lowest BCUT2D eigenvalue weighted by Crippen LogP contribution is -2.60. The zero-order chi connectivity index (χ0) is 14.8. The predicted octanol–water partition coefficient (Wildman–Crippen LogP) is 1.38. The number of rotatable bonds is 3. The Bertz CT molecular complexity index is 358. The summed E-state index contributed by atoms with van der Waals surface area (Å²) in [6.07, 6.45) is 2.00. The van der Waals surface area contributed by atoms with Gasteiger partial charge in [0.2, 0.25) is 5.91 Å². The van der Waals surface area contributed by atoms with Crippen molar-refractivity contribution in [3.63, 3.8) is 0 Å². The molecule has 0 spiro atoms. The van der Waals surface area contributed by atoms with E-state index in [1.807, 2.05) is 34.6 Å². The number of carboxylic acids is 1. The van der Waals surface area contributed by atoms with Crippen molar-refractivity contribution in [3.05, 3.63) is 0 Å². The molecular weight excluding hydrogens is 244 g/mol. The lowest BCUT2D eigenvalue weighted by Gasteiger charge is -2.39. The second-order valence-corrected chi connectivity index (χ2v) is 7.13. The number of nitrogens with one attached hydrogen (secondary N) is 2. The fraction of sp³-hybridized carbons (Fsp3) is 0.857. The molecule has 1 amide bonds. The van der Waals surface area contributed by atoms with Gasteiger partial charge >= 0.3 is 5.97 Å². The molecule has 1 fully saturated rings. The summed E-state index contributed by atoms with van der Waals surface area (Å²) in [6.45, 7) is 10.3. The van der Waals surface area contributed by atoms with Gasteiger partial charge in [-0.3, -0.25) is 4.79 Å². The Morgan fingerprint density at radius 1 is 1.37 bits per heavy atom. The third kappa shape index (κ3) is 3.93. The van der Waals surface area contributed by atoms with Gasteiger partial charge in [0.1, 0.15) is 6.04 Å². The Hall–Kier alpha value is -1.10. The molecule has 0 aromatic heterocycles. The van der Waals surface area contributed by atoms with Crippen LogP contribution in [0.1, 0.15) is 47.5 Å². The smallest absolute Gasteiger partial charge is 0.326 e. The van der Waals surface area contributed by atoms with E-state index in [4.69, 9.17) is 0 Å². The molecule has 3 N–H and O–H groups in total. The topological polar surface area (TPSA) is 78.4 Å². The van der Waals surface area contributed by atoms with Gasteiger partial charge in [-0.05, 0) is 30.2 Å². The third-order valence-electron chi connectivity index (χ3n) is 3.79. The van der Waals surface area contributed by atoms with Crippen LogP contribution in [-0.4, -0.2) is 35.6 Å². The maximum absolute atomic E-state index is 12.3. The van der Waals surface area contributed by atoms with E-state index in [-0.39, 0.29) is 17.4 Å². The monoisotopic (exact) mass is 270 g/mol. The Balaban J connectivity index is 2.80. The summed E-state index contributed by atoms with van der Waals surface area (Å²) in [6, 6.07) is -1.20. The van der Waals surface area contributed by atoms with Gasteiger partial charge in [0, 0.05) is 0 Å². The van der Waals surface area contributed by atoms with Crippen LogP contribution in [0.25, 0.3) is 0 Å². The molecule has 0 saturated carbocycles. The molecule has 1 saturated heterocycles. The Labute approximate surface area is 115 Å². The fourth-order valence-corrected chi connectivity index (χ4v) is 2.53. The lowest BCUT2D eigenvalue weighted by molar-refractivity contribution is -0.146. The van der Waals surface area contributed by atoms with E-state index in [1.165, 1.54) is 0 Å². The first kappa shape index (κ1) is 16.0. The Morgan fingerprint density at radius 3 is 2.37 bits per heavy atom. The first-order chi connectivity index (χ1) is 8.55. The highest BCUT2D eigenvalue weighted by Crippen LogP contribution is 2.30. The van der Waals surface area contributed by atoms with E-state index in [2.05, 4.69) is 10.6 Å². The van der Waals surface area contributed by atoms with Crippen LogP contribution in [0.3, 0.4) is 0 Å². The summed E-state index contributed by atoms with van der Waals surface area (Å²) in [5, 5.41) is 15.1. The Morgan fingerprint density at radius 2 is 1.95 bits per heavy atom. The molecule has 0 aromatic rings. The van der Waals surface area contributed by atoms with Crippen LogP contribution in [0, 0.1) is 10.8 Å². The van der Waals surface area contributed by atoms with E-state index in [0.29, 0.717) is 0 Å². The molecule has 19 heavy (non-hydrogen) atoms. The van der Waals surface area contributed by atoms with Crippen LogP contribution in [0.4, 0.5) is 0 Å². The number of carbonyl (C=O) groups excluding carboxylic acids is 1. The summed E-state index contributed by atoms with van der Waals surface area (Å²) < 4.78 is 0. The van der Waals surface area contributed by atoms with E-state index < -0.39 is 17.4 Å². The minimum Gasteiger partial charge on any atom is -0.480 e. The van der Waals surface area contributed by atoms with Gasteiger partial charge in [-0.1, -0.05) is 34.6 Å². The highest BCUT2D eigenvalue weighted by Gasteiger charge is 2.40. The number of hydrogen-bond donors (Lipinski definition) is 3. The molecule has 2 atom stereocenters. The van der Waals surface area contributed by atoms with E-state index >= 15 is 0 Å². The van der Waals surface area contributed by atoms with Crippen LogP contribution in [0.5, 0.6) is 0 Å². The molecule has 0 bridgehead atoms. The van der Waals surface area contributed by atoms with Crippen molar-refractivity contribution < 1.29 is 14.7 Å². The number of hydrogen-bond acceptors (Lipinski definition) is 3. The molecule has 110 valence electrons. The lowest BCUT2D eigenvalue weighted by atomic mass is 9.76. The highest BCUT2D eigenvalue weighted by atomic mass is 16.4. The second-order valence-electron chi connectivity index (χ2n) is 7.13. The number of aliphatic carboxylic acids is 1. The van der Waals surface area contributed by atoms with Crippen LogP contribution < -0.4 is 10.6 Å². The molecule has 1 rings (SSSR count). The summed E-state index contributed by atoms with van der Waals surface area (Å²) in [4.78, 5) is 23.6. The Kier molecular flexibility index (Phi) is 4.61. The molecule has 0 aromatic carbocycles. The summed E-state index contributed by atoms with van der Waals surface area (Å²) >= 11 is 0. The minimum absolute atomic E-state index is 0.150. The van der Waals surface area contributed by atoms with Crippen LogP contribution in [0.15, 0.2) is 0 Å². The van der Waals surface area contributed by atoms with Gasteiger partial charge in [-0.2, -0.15) is 0 Å². The van der Waals surface area contributed by atoms with Crippen LogP contribution >= 0.6 is 0 Å². The highest BCUT2D eigenvalue weighted by molar-refractivity contribution is 5.88. The van der Waals surface area contributed by atoms with Gasteiger partial charge in [0.15, 0.2) is 0 Å². The number of piperidine rings is 1. The molecule has 0 radical (unpaired) electrons. The molecule has 1 aliphatic heterocycles. The third-order valence-corrected chi connectivity index (χ3v) is 3.79. The number of amides is 1. The largest absolute Gasteiger partial charge is 0.480 e. The first-order valence-corrected chi connectivity index (χ1v) is 6.82. The van der Waals surface area contributed by atoms with Crippen molar-refractivity contribution in [2.24, 2.45) is 10.8 Å². The zero-order valence-electron chi connectivity index (χ0n) is 12.5. The normalized spacial score (nSPS) is 24.6. The maximum atomic E-state index is 12.3. The van der Waals surface area contributed by atoms with Crippen molar-refractivity contribution in [2.45, 2.75) is 59.5 Å². The fourth-order valence-electron chi connectivity index (χ4n) is 2.53. The van der Waals surface area contributed by atoms with Gasteiger partial charge in [-0.25, -0.2) is 4.79 Å².